The molecule has 0 aromatic carbocycles. The molecule has 0 fully saturated rings. The number of aromatic nitrogens is 1. The van der Waals surface area contributed by atoms with Gasteiger partial charge in [-0.1, -0.05) is 6.92 Å². The molecular formula is C13H22N2O2. The molecular weight excluding hydrogens is 216 g/mol. The lowest BCUT2D eigenvalue weighted by Gasteiger charge is -2.22. The van der Waals surface area contributed by atoms with Crippen molar-refractivity contribution in [2.45, 2.75) is 39.3 Å². The molecule has 17 heavy (non-hydrogen) atoms. The Morgan fingerprint density at radius 2 is 2.00 bits per heavy atom. The molecule has 0 amide bonds. The molecule has 1 rings (SSSR count). The fraction of sp³-hybridized carbons (Fsp3) is 0.615. The number of ether oxygens (including phenoxy) is 2. The Morgan fingerprint density at radius 3 is 2.59 bits per heavy atom. The maximum atomic E-state index is 6.18. The van der Waals surface area contributed by atoms with E-state index in [0.717, 1.165) is 17.7 Å². The first-order valence-corrected chi connectivity index (χ1v) is 6.17. The van der Waals surface area contributed by atoms with Gasteiger partial charge in [-0.25, -0.2) is 0 Å². The molecule has 0 radical (unpaired) electrons. The van der Waals surface area contributed by atoms with Crippen LogP contribution < -0.4 is 10.5 Å². The highest BCUT2D eigenvalue weighted by Gasteiger charge is 2.18. The summed E-state index contributed by atoms with van der Waals surface area (Å²) in [5, 5.41) is 0. The first-order chi connectivity index (χ1) is 8.22. The number of nitrogens with two attached hydrogens (primary N) is 1. The van der Waals surface area contributed by atoms with Gasteiger partial charge in [-0.2, -0.15) is 0 Å². The lowest BCUT2D eigenvalue weighted by molar-refractivity contribution is 0.0412. The molecule has 1 aromatic heterocycles. The predicted octanol–water partition coefficient (Wildman–Crippen LogP) is 2.30. The monoisotopic (exact) mass is 238 g/mol. The lowest BCUT2D eigenvalue weighted by atomic mass is 10.0. The normalized spacial score (nSPS) is 14.4. The molecule has 1 aromatic rings. The van der Waals surface area contributed by atoms with Crippen molar-refractivity contribution in [1.29, 1.82) is 0 Å². The largest absolute Gasteiger partial charge is 0.492 e. The topological polar surface area (TPSA) is 57.4 Å². The van der Waals surface area contributed by atoms with Crippen molar-refractivity contribution in [1.82, 2.24) is 4.98 Å². The van der Waals surface area contributed by atoms with Gasteiger partial charge in [0.15, 0.2) is 0 Å². The molecule has 4 nitrogen and oxygen atoms in total. The first-order valence-electron chi connectivity index (χ1n) is 6.17. The molecule has 0 saturated carbocycles. The molecule has 2 N–H and O–H groups in total. The van der Waals surface area contributed by atoms with E-state index in [4.69, 9.17) is 15.2 Å². The number of pyridine rings is 1. The molecule has 0 spiro atoms. The summed E-state index contributed by atoms with van der Waals surface area (Å²) in [6.45, 7) is 7.29. The van der Waals surface area contributed by atoms with Crippen LogP contribution in [-0.2, 0) is 4.74 Å². The minimum atomic E-state index is -0.159. The van der Waals surface area contributed by atoms with E-state index in [1.807, 2.05) is 19.9 Å². The Bertz CT molecular complexity index is 331. The van der Waals surface area contributed by atoms with Crippen molar-refractivity contribution in [2.75, 3.05) is 13.2 Å². The first kappa shape index (κ1) is 13.9. The Balaban J connectivity index is 2.79. The van der Waals surface area contributed by atoms with Crippen LogP contribution in [0.25, 0.3) is 0 Å². The average Bonchev–Trinajstić information content (AvgIpc) is 2.36. The van der Waals surface area contributed by atoms with Crippen LogP contribution in [-0.4, -0.2) is 24.3 Å². The van der Waals surface area contributed by atoms with Gasteiger partial charge in [-0.15, -0.1) is 0 Å². The zero-order valence-electron chi connectivity index (χ0n) is 10.8. The van der Waals surface area contributed by atoms with Gasteiger partial charge in [0.1, 0.15) is 5.75 Å². The minimum absolute atomic E-state index is 0.0266. The second-order valence-electron chi connectivity index (χ2n) is 3.81. The second kappa shape index (κ2) is 7.25. The molecule has 4 heteroatoms. The number of rotatable bonds is 7. The molecule has 0 aliphatic heterocycles. The molecule has 0 bridgehead atoms. The number of hydrogen-bond donors (Lipinski definition) is 1. The molecule has 2 atom stereocenters. The van der Waals surface area contributed by atoms with E-state index in [9.17, 15) is 0 Å². The third-order valence-electron chi connectivity index (χ3n) is 2.61. The van der Waals surface area contributed by atoms with Crippen molar-refractivity contribution in [3.63, 3.8) is 0 Å². The van der Waals surface area contributed by atoms with Gasteiger partial charge >= 0.3 is 0 Å². The van der Waals surface area contributed by atoms with E-state index in [0.29, 0.717) is 13.2 Å². The summed E-state index contributed by atoms with van der Waals surface area (Å²) in [7, 11) is 0. The molecule has 0 aliphatic carbocycles. The molecule has 0 aliphatic rings. The van der Waals surface area contributed by atoms with Crippen LogP contribution in [0.5, 0.6) is 5.75 Å². The lowest BCUT2D eigenvalue weighted by Crippen LogP contribution is -2.28. The van der Waals surface area contributed by atoms with E-state index < -0.39 is 0 Å². The maximum absolute atomic E-state index is 6.18. The van der Waals surface area contributed by atoms with Gasteiger partial charge in [-0.3, -0.25) is 4.98 Å². The molecule has 2 unspecified atom stereocenters. The van der Waals surface area contributed by atoms with Crippen LogP contribution in [0.4, 0.5) is 0 Å². The number of nitrogens with zero attached hydrogens (tertiary/aromatic N) is 1. The van der Waals surface area contributed by atoms with Gasteiger partial charge in [0.05, 0.1) is 24.9 Å². The minimum Gasteiger partial charge on any atom is -0.492 e. The van der Waals surface area contributed by atoms with E-state index in [1.54, 1.807) is 12.4 Å². The van der Waals surface area contributed by atoms with Crippen molar-refractivity contribution >= 4 is 0 Å². The van der Waals surface area contributed by atoms with E-state index in [1.165, 1.54) is 0 Å². The van der Waals surface area contributed by atoms with Gasteiger partial charge in [0.25, 0.3) is 0 Å². The van der Waals surface area contributed by atoms with Crippen LogP contribution >= 0.6 is 0 Å². The van der Waals surface area contributed by atoms with Crippen LogP contribution in [0.1, 0.15) is 38.8 Å². The van der Waals surface area contributed by atoms with Gasteiger partial charge < -0.3 is 15.2 Å². The number of hydrogen-bond acceptors (Lipinski definition) is 4. The summed E-state index contributed by atoms with van der Waals surface area (Å²) >= 11 is 0. The van der Waals surface area contributed by atoms with Gasteiger partial charge in [0.2, 0.25) is 0 Å². The fourth-order valence-electron chi connectivity index (χ4n) is 1.77. The summed E-state index contributed by atoms with van der Waals surface area (Å²) < 4.78 is 11.0. The highest BCUT2D eigenvalue weighted by Crippen LogP contribution is 2.21. The zero-order chi connectivity index (χ0) is 12.7. The Labute approximate surface area is 103 Å². The summed E-state index contributed by atoms with van der Waals surface area (Å²) in [5.41, 5.74) is 7.14. The molecule has 1 heterocycles. The second-order valence-corrected chi connectivity index (χ2v) is 3.81. The van der Waals surface area contributed by atoms with Crippen LogP contribution in [0.2, 0.25) is 0 Å². The third-order valence-corrected chi connectivity index (χ3v) is 2.61. The van der Waals surface area contributed by atoms with Crippen LogP contribution in [0.15, 0.2) is 18.5 Å². The van der Waals surface area contributed by atoms with Crippen molar-refractivity contribution in [3.8, 4) is 5.75 Å². The molecule has 96 valence electrons. The standard InChI is InChI=1S/C13H22N2O2/c1-4-12(17-6-3)13(14)10-7-11(16-5-2)9-15-8-10/h7-9,12-13H,4-6,14H2,1-3H3. The van der Waals surface area contributed by atoms with Crippen molar-refractivity contribution in [2.24, 2.45) is 5.73 Å². The smallest absolute Gasteiger partial charge is 0.137 e. The van der Waals surface area contributed by atoms with Crippen LogP contribution in [0, 0.1) is 0 Å². The van der Waals surface area contributed by atoms with Gasteiger partial charge in [-0.05, 0) is 31.9 Å². The Kier molecular flexibility index (Phi) is 5.94. The predicted molar refractivity (Wildman–Crippen MR) is 68.0 cm³/mol. The van der Waals surface area contributed by atoms with Crippen molar-refractivity contribution < 1.29 is 9.47 Å². The maximum Gasteiger partial charge on any atom is 0.137 e. The Hall–Kier alpha value is -1.13. The highest BCUT2D eigenvalue weighted by atomic mass is 16.5. The SMILES string of the molecule is CCOc1cncc(C(N)C(CC)OCC)c1. The van der Waals surface area contributed by atoms with E-state index >= 15 is 0 Å². The third kappa shape index (κ3) is 3.98. The summed E-state index contributed by atoms with van der Waals surface area (Å²) in [6, 6.07) is 1.77. The average molecular weight is 238 g/mol. The Morgan fingerprint density at radius 1 is 1.24 bits per heavy atom. The van der Waals surface area contributed by atoms with Crippen molar-refractivity contribution in [3.05, 3.63) is 24.0 Å². The molecule has 0 saturated heterocycles. The quantitative estimate of drug-likeness (QED) is 0.792. The highest BCUT2D eigenvalue weighted by molar-refractivity contribution is 5.26. The van der Waals surface area contributed by atoms with Gasteiger partial charge in [0, 0.05) is 12.8 Å². The van der Waals surface area contributed by atoms with Crippen LogP contribution in [0.3, 0.4) is 0 Å². The fourth-order valence-corrected chi connectivity index (χ4v) is 1.77. The zero-order valence-corrected chi connectivity index (χ0v) is 10.8. The van der Waals surface area contributed by atoms with E-state index in [-0.39, 0.29) is 12.1 Å². The summed E-state index contributed by atoms with van der Waals surface area (Å²) in [5.74, 6) is 0.756. The summed E-state index contributed by atoms with van der Waals surface area (Å²) in [6.07, 6.45) is 4.38. The van der Waals surface area contributed by atoms with E-state index in [2.05, 4.69) is 11.9 Å². The summed E-state index contributed by atoms with van der Waals surface area (Å²) in [4.78, 5) is 4.14.